The van der Waals surface area contributed by atoms with E-state index in [4.69, 9.17) is 4.52 Å². The molecule has 0 bridgehead atoms. The molecule has 0 spiro atoms. The Balaban J connectivity index is 1.69. The highest BCUT2D eigenvalue weighted by Crippen LogP contribution is 2.34. The van der Waals surface area contributed by atoms with Gasteiger partial charge in [0, 0.05) is 17.8 Å². The Morgan fingerprint density at radius 2 is 1.89 bits per heavy atom. The van der Waals surface area contributed by atoms with Gasteiger partial charge < -0.3 is 14.9 Å². The minimum absolute atomic E-state index is 0.307. The number of hydrogen-bond acceptors (Lipinski definition) is 6. The number of halogens is 1. The molecule has 2 N–H and O–H groups in total. The maximum Gasteiger partial charge on any atom is 0.223 e. The number of nitrogens with one attached hydrogen (secondary N) is 1. The summed E-state index contributed by atoms with van der Waals surface area (Å²) >= 11 is 0. The Labute approximate surface area is 156 Å². The van der Waals surface area contributed by atoms with Gasteiger partial charge in [-0.1, -0.05) is 24.4 Å². The second-order valence-corrected chi connectivity index (χ2v) is 6.74. The summed E-state index contributed by atoms with van der Waals surface area (Å²) in [5.41, 5.74) is 2.41. The van der Waals surface area contributed by atoms with Crippen molar-refractivity contribution in [2.24, 2.45) is 0 Å². The lowest BCUT2D eigenvalue weighted by atomic mass is 9.96. The van der Waals surface area contributed by atoms with E-state index in [-0.39, 0.29) is 12.4 Å². The van der Waals surface area contributed by atoms with Crippen LogP contribution in [0.1, 0.15) is 37.9 Å². The van der Waals surface area contributed by atoms with Crippen molar-refractivity contribution < 1.29 is 14.0 Å². The maximum atomic E-state index is 13.3. The highest BCUT2D eigenvalue weighted by molar-refractivity contribution is 5.80. The van der Waals surface area contributed by atoms with Gasteiger partial charge in [0.05, 0.1) is 11.3 Å². The Kier molecular flexibility index (Phi) is 5.11. The Bertz CT molecular complexity index is 905. The van der Waals surface area contributed by atoms with Crippen molar-refractivity contribution in [2.75, 3.05) is 5.32 Å². The van der Waals surface area contributed by atoms with E-state index in [2.05, 4.69) is 20.4 Å². The topological polar surface area (TPSA) is 84.1 Å². The Morgan fingerprint density at radius 3 is 2.63 bits per heavy atom. The molecule has 6 nitrogen and oxygen atoms in total. The van der Waals surface area contributed by atoms with Crippen LogP contribution in [0.15, 0.2) is 41.1 Å². The van der Waals surface area contributed by atoms with E-state index in [0.717, 1.165) is 12.8 Å². The molecule has 1 saturated carbocycles. The zero-order valence-corrected chi connectivity index (χ0v) is 14.9. The molecular weight excluding hydrogens is 347 g/mol. The van der Waals surface area contributed by atoms with Gasteiger partial charge in [-0.3, -0.25) is 0 Å². The molecule has 1 fully saturated rings. The molecule has 140 valence electrons. The van der Waals surface area contributed by atoms with Gasteiger partial charge in [-0.15, -0.1) is 0 Å². The highest BCUT2D eigenvalue weighted by atomic mass is 19.1. The van der Waals surface area contributed by atoms with Crippen molar-refractivity contribution in [1.29, 1.82) is 0 Å². The number of hydrogen-bond donors (Lipinski definition) is 2. The number of rotatable bonds is 5. The zero-order valence-electron chi connectivity index (χ0n) is 14.9. The largest absolute Gasteiger partial charge is 0.388 e. The van der Waals surface area contributed by atoms with E-state index in [0.29, 0.717) is 40.3 Å². The van der Waals surface area contributed by atoms with Crippen molar-refractivity contribution in [3.05, 3.63) is 48.1 Å². The van der Waals surface area contributed by atoms with E-state index in [1.54, 1.807) is 24.4 Å². The monoisotopic (exact) mass is 368 g/mol. The van der Waals surface area contributed by atoms with Crippen LogP contribution >= 0.6 is 0 Å². The van der Waals surface area contributed by atoms with E-state index >= 15 is 0 Å². The van der Waals surface area contributed by atoms with Gasteiger partial charge in [0.1, 0.15) is 18.1 Å². The van der Waals surface area contributed by atoms with Gasteiger partial charge in [-0.2, -0.15) is 0 Å². The van der Waals surface area contributed by atoms with Crippen LogP contribution in [-0.2, 0) is 6.61 Å². The maximum absolute atomic E-state index is 13.3. The van der Waals surface area contributed by atoms with E-state index in [9.17, 15) is 9.50 Å². The lowest BCUT2D eigenvalue weighted by Crippen LogP contribution is -2.23. The number of benzene rings is 1. The first-order chi connectivity index (χ1) is 13.2. The average molecular weight is 368 g/mol. The zero-order chi connectivity index (χ0) is 18.6. The Morgan fingerprint density at radius 1 is 1.11 bits per heavy atom. The van der Waals surface area contributed by atoms with Crippen molar-refractivity contribution in [1.82, 2.24) is 15.1 Å². The molecule has 2 heterocycles. The Hall–Kier alpha value is -2.80. The molecule has 3 aromatic rings. The van der Waals surface area contributed by atoms with Crippen LogP contribution in [0.25, 0.3) is 22.5 Å². The standard InChI is InChI=1S/C20H21FN4O2/c21-14-8-6-13(7-9-14)19-18(17(12-26)27-25-19)16-10-11-22-20(24-16)23-15-4-2-1-3-5-15/h6-11,15,26H,1-5,12H2,(H,22,23,24). The number of aliphatic hydroxyl groups is 1. The van der Waals surface area contributed by atoms with Crippen LogP contribution in [0.4, 0.5) is 10.3 Å². The van der Waals surface area contributed by atoms with Crippen molar-refractivity contribution in [3.8, 4) is 22.5 Å². The van der Waals surface area contributed by atoms with Gasteiger partial charge in [0.25, 0.3) is 0 Å². The predicted molar refractivity (Wildman–Crippen MR) is 99.3 cm³/mol. The van der Waals surface area contributed by atoms with Gasteiger partial charge in [0.15, 0.2) is 5.76 Å². The van der Waals surface area contributed by atoms with Crippen LogP contribution in [0, 0.1) is 5.82 Å². The minimum Gasteiger partial charge on any atom is -0.388 e. The lowest BCUT2D eigenvalue weighted by molar-refractivity contribution is 0.230. The van der Waals surface area contributed by atoms with Gasteiger partial charge in [-0.25, -0.2) is 14.4 Å². The fraction of sp³-hybridized carbons (Fsp3) is 0.350. The minimum atomic E-state index is -0.327. The van der Waals surface area contributed by atoms with Crippen LogP contribution < -0.4 is 5.32 Å². The quantitative estimate of drug-likeness (QED) is 0.703. The van der Waals surface area contributed by atoms with Crippen molar-refractivity contribution in [2.45, 2.75) is 44.8 Å². The summed E-state index contributed by atoms with van der Waals surface area (Å²) in [6.45, 7) is -0.307. The number of nitrogens with zero attached hydrogens (tertiary/aromatic N) is 3. The first-order valence-electron chi connectivity index (χ1n) is 9.20. The first kappa shape index (κ1) is 17.6. The lowest BCUT2D eigenvalue weighted by Gasteiger charge is -2.22. The molecule has 0 atom stereocenters. The van der Waals surface area contributed by atoms with Crippen LogP contribution in [-0.4, -0.2) is 26.3 Å². The summed E-state index contributed by atoms with van der Waals surface area (Å²) in [4.78, 5) is 8.94. The third-order valence-corrected chi connectivity index (χ3v) is 4.87. The molecule has 27 heavy (non-hydrogen) atoms. The van der Waals surface area contributed by atoms with E-state index in [1.165, 1.54) is 31.4 Å². The fourth-order valence-electron chi connectivity index (χ4n) is 3.50. The van der Waals surface area contributed by atoms with E-state index in [1.807, 2.05) is 0 Å². The summed E-state index contributed by atoms with van der Waals surface area (Å²) in [5.74, 6) is 0.540. The highest BCUT2D eigenvalue weighted by Gasteiger charge is 2.21. The molecular formula is C20H21FN4O2. The van der Waals surface area contributed by atoms with Gasteiger partial charge in [-0.05, 0) is 43.2 Å². The molecule has 0 saturated heterocycles. The summed E-state index contributed by atoms with van der Waals surface area (Å²) in [7, 11) is 0. The third-order valence-electron chi connectivity index (χ3n) is 4.87. The van der Waals surface area contributed by atoms with Gasteiger partial charge >= 0.3 is 0 Å². The molecule has 0 radical (unpaired) electrons. The number of aliphatic hydroxyl groups excluding tert-OH is 1. The molecule has 0 amide bonds. The molecule has 1 aliphatic rings. The molecule has 1 aromatic carbocycles. The molecule has 0 unspecified atom stereocenters. The second kappa shape index (κ2) is 7.84. The van der Waals surface area contributed by atoms with Crippen LogP contribution in [0.5, 0.6) is 0 Å². The SMILES string of the molecule is OCc1onc(-c2ccc(F)cc2)c1-c1ccnc(NC2CCCCC2)n1. The second-order valence-electron chi connectivity index (χ2n) is 6.74. The first-order valence-corrected chi connectivity index (χ1v) is 9.20. The summed E-state index contributed by atoms with van der Waals surface area (Å²) in [6.07, 6.45) is 7.61. The van der Waals surface area contributed by atoms with Crippen molar-refractivity contribution >= 4 is 5.95 Å². The summed E-state index contributed by atoms with van der Waals surface area (Å²) < 4.78 is 18.6. The molecule has 2 aromatic heterocycles. The van der Waals surface area contributed by atoms with Crippen LogP contribution in [0.3, 0.4) is 0 Å². The molecule has 4 rings (SSSR count). The normalized spacial score (nSPS) is 15.0. The fourth-order valence-corrected chi connectivity index (χ4v) is 3.50. The number of anilines is 1. The summed E-state index contributed by atoms with van der Waals surface area (Å²) in [6, 6.07) is 8.11. The smallest absolute Gasteiger partial charge is 0.223 e. The summed E-state index contributed by atoms with van der Waals surface area (Å²) in [5, 5.41) is 17.1. The third kappa shape index (κ3) is 3.83. The molecule has 1 aliphatic carbocycles. The van der Waals surface area contributed by atoms with E-state index < -0.39 is 0 Å². The molecule has 0 aliphatic heterocycles. The van der Waals surface area contributed by atoms with Gasteiger partial charge in [0.2, 0.25) is 5.95 Å². The van der Waals surface area contributed by atoms with Crippen molar-refractivity contribution in [3.63, 3.8) is 0 Å². The average Bonchev–Trinajstić information content (AvgIpc) is 3.14. The number of aromatic nitrogens is 3. The van der Waals surface area contributed by atoms with Crippen LogP contribution in [0.2, 0.25) is 0 Å². The molecule has 7 heteroatoms. The predicted octanol–water partition coefficient (Wildman–Crippen LogP) is 4.17.